The number of aryl methyl sites for hydroxylation is 2. The van der Waals surface area contributed by atoms with Crippen LogP contribution in [0, 0.1) is 13.8 Å². The Morgan fingerprint density at radius 2 is 1.83 bits per heavy atom. The Morgan fingerprint density at radius 3 is 2.57 bits per heavy atom. The van der Waals surface area contributed by atoms with Gasteiger partial charge in [0.15, 0.2) is 5.78 Å². The molecule has 2 fully saturated rings. The Kier molecular flexibility index (Phi) is 8.29. The van der Waals surface area contributed by atoms with Gasteiger partial charge in [-0.25, -0.2) is 0 Å². The maximum Gasteiger partial charge on any atom is 0.266 e. The van der Waals surface area contributed by atoms with Crippen LogP contribution in [0.5, 0.6) is 0 Å². The smallest absolute Gasteiger partial charge is 0.266 e. The Morgan fingerprint density at radius 1 is 1.07 bits per heavy atom. The molecule has 2 aromatic carbocycles. The third-order valence-electron chi connectivity index (χ3n) is 8.37. The second-order valence-electron chi connectivity index (χ2n) is 11.4. The van der Waals surface area contributed by atoms with E-state index in [4.69, 9.17) is 4.74 Å². The highest BCUT2D eigenvalue weighted by Crippen LogP contribution is 2.29. The Bertz CT molecular complexity index is 1430. The lowest BCUT2D eigenvalue weighted by molar-refractivity contribution is -0.122. The van der Waals surface area contributed by atoms with Crippen molar-refractivity contribution < 1.29 is 14.3 Å². The fraction of sp³-hybridized carbons (Fsp3) is 0.452. The number of tetrazole rings is 1. The topological polar surface area (TPSA) is 126 Å². The predicted molar refractivity (Wildman–Crippen MR) is 158 cm³/mol. The van der Waals surface area contributed by atoms with E-state index in [1.807, 2.05) is 73.4 Å². The molecule has 0 aliphatic carbocycles. The molecule has 1 amide bonds. The van der Waals surface area contributed by atoms with Gasteiger partial charge in [-0.05, 0) is 61.1 Å². The van der Waals surface area contributed by atoms with Gasteiger partial charge < -0.3 is 20.3 Å². The van der Waals surface area contributed by atoms with E-state index in [-0.39, 0.29) is 42.4 Å². The number of ether oxygens (including phenoxy) is 1. The molecule has 0 saturated carbocycles. The standard InChI is InChI=1S/C31H38N8O3/c1-20-7-6-8-21(2)29(20)30(41)27-18-26-25(33-27)17-23(32-26)11-12-24(22-9-4-3-5-10-22)34-28(40)19-39-36-31(35-37-39)38-13-15-42-16-14-38/h3-10,18,23-25,27,32-33H,11-17,19H2,1-2H3,(H,34,40)/t23?,24-,25?,27?/m0/s1. The normalized spacial score (nSPS) is 22.3. The van der Waals surface area contributed by atoms with Crippen molar-refractivity contribution in [2.75, 3.05) is 31.2 Å². The summed E-state index contributed by atoms with van der Waals surface area (Å²) in [6.45, 7) is 6.65. The lowest BCUT2D eigenvalue weighted by Gasteiger charge is -2.24. The average molecular weight is 571 g/mol. The van der Waals surface area contributed by atoms with Crippen molar-refractivity contribution in [1.82, 2.24) is 36.2 Å². The first-order valence-electron chi connectivity index (χ1n) is 14.7. The fourth-order valence-electron chi connectivity index (χ4n) is 6.21. The molecule has 2 saturated heterocycles. The largest absolute Gasteiger partial charge is 0.384 e. The Balaban J connectivity index is 1.05. The average Bonchev–Trinajstić information content (AvgIpc) is 3.72. The number of aromatic nitrogens is 4. The summed E-state index contributed by atoms with van der Waals surface area (Å²) in [5.74, 6) is 0.476. The summed E-state index contributed by atoms with van der Waals surface area (Å²) >= 11 is 0. The van der Waals surface area contributed by atoms with Crippen molar-refractivity contribution >= 4 is 17.6 Å². The molecule has 3 aliphatic heterocycles. The third-order valence-corrected chi connectivity index (χ3v) is 8.37. The van der Waals surface area contributed by atoms with Gasteiger partial charge in [-0.15, -0.1) is 5.10 Å². The van der Waals surface area contributed by atoms with Crippen LogP contribution in [0.3, 0.4) is 0 Å². The summed E-state index contributed by atoms with van der Waals surface area (Å²) in [5, 5.41) is 23.0. The second kappa shape index (κ2) is 12.4. The maximum atomic E-state index is 13.3. The van der Waals surface area contributed by atoms with Crippen molar-refractivity contribution in [3.8, 4) is 0 Å². The molecular formula is C31H38N8O3. The van der Waals surface area contributed by atoms with E-state index < -0.39 is 0 Å². The number of nitrogens with zero attached hydrogens (tertiary/aromatic N) is 5. The van der Waals surface area contributed by atoms with Gasteiger partial charge in [-0.2, -0.15) is 4.80 Å². The number of carbonyl (C=O) groups is 2. The molecule has 42 heavy (non-hydrogen) atoms. The Hall–Kier alpha value is -4.09. The predicted octanol–water partition coefficient (Wildman–Crippen LogP) is 2.23. The quantitative estimate of drug-likeness (QED) is 0.315. The molecule has 3 unspecified atom stereocenters. The molecule has 11 heteroatoms. The van der Waals surface area contributed by atoms with Crippen LogP contribution in [-0.2, 0) is 16.1 Å². The lowest BCUT2D eigenvalue weighted by Crippen LogP contribution is -2.37. The van der Waals surface area contributed by atoms with Gasteiger partial charge in [0, 0.05) is 36.4 Å². The van der Waals surface area contributed by atoms with Crippen molar-refractivity contribution in [1.29, 1.82) is 0 Å². The van der Waals surface area contributed by atoms with Crippen LogP contribution in [-0.4, -0.2) is 76.3 Å². The van der Waals surface area contributed by atoms with Crippen LogP contribution in [0.1, 0.15) is 52.4 Å². The molecule has 3 aromatic rings. The number of benzene rings is 2. The minimum atomic E-state index is -0.316. The monoisotopic (exact) mass is 570 g/mol. The summed E-state index contributed by atoms with van der Waals surface area (Å²) in [5.41, 5.74) is 4.98. The van der Waals surface area contributed by atoms with Gasteiger partial charge in [0.05, 0.1) is 25.3 Å². The van der Waals surface area contributed by atoms with Gasteiger partial charge in [0.25, 0.3) is 5.95 Å². The van der Waals surface area contributed by atoms with E-state index in [1.54, 1.807) is 0 Å². The molecule has 4 atom stereocenters. The van der Waals surface area contributed by atoms with Crippen molar-refractivity contribution in [2.24, 2.45) is 0 Å². The first-order chi connectivity index (χ1) is 20.4. The molecule has 3 aliphatic rings. The number of anilines is 1. The van der Waals surface area contributed by atoms with Crippen LogP contribution in [0.4, 0.5) is 5.95 Å². The van der Waals surface area contributed by atoms with Crippen LogP contribution in [0.2, 0.25) is 0 Å². The molecule has 0 spiro atoms. The Labute approximate surface area is 245 Å². The van der Waals surface area contributed by atoms with E-state index in [0.717, 1.165) is 47.2 Å². The number of rotatable bonds is 10. The summed E-state index contributed by atoms with van der Waals surface area (Å²) in [7, 11) is 0. The maximum absolute atomic E-state index is 13.3. The first-order valence-corrected chi connectivity index (χ1v) is 14.7. The zero-order valence-corrected chi connectivity index (χ0v) is 24.1. The zero-order chi connectivity index (χ0) is 29.1. The van der Waals surface area contributed by atoms with Gasteiger partial charge in [0.1, 0.15) is 6.54 Å². The number of carbonyl (C=O) groups excluding carboxylic acids is 2. The molecule has 11 nitrogen and oxygen atoms in total. The molecular weight excluding hydrogens is 532 g/mol. The van der Waals surface area contributed by atoms with Crippen LogP contribution < -0.4 is 20.9 Å². The van der Waals surface area contributed by atoms with E-state index in [1.165, 1.54) is 4.80 Å². The van der Waals surface area contributed by atoms with E-state index in [2.05, 4.69) is 31.4 Å². The van der Waals surface area contributed by atoms with E-state index in [0.29, 0.717) is 32.3 Å². The number of ketones is 1. The van der Waals surface area contributed by atoms with Gasteiger partial charge in [0.2, 0.25) is 5.91 Å². The summed E-state index contributed by atoms with van der Waals surface area (Å²) in [6, 6.07) is 15.9. The van der Waals surface area contributed by atoms with Gasteiger partial charge in [-0.3, -0.25) is 14.9 Å². The minimum absolute atomic E-state index is 0.00296. The van der Waals surface area contributed by atoms with E-state index in [9.17, 15) is 9.59 Å². The summed E-state index contributed by atoms with van der Waals surface area (Å²) < 4.78 is 5.38. The fourth-order valence-corrected chi connectivity index (χ4v) is 6.21. The van der Waals surface area contributed by atoms with Crippen molar-refractivity contribution in [3.05, 3.63) is 82.6 Å². The van der Waals surface area contributed by atoms with E-state index >= 15 is 0 Å². The number of amides is 1. The third kappa shape index (κ3) is 6.22. The molecule has 220 valence electrons. The van der Waals surface area contributed by atoms with Crippen molar-refractivity contribution in [2.45, 2.75) is 63.8 Å². The number of morpholine rings is 1. The highest BCUT2D eigenvalue weighted by molar-refractivity contribution is 6.04. The summed E-state index contributed by atoms with van der Waals surface area (Å²) in [4.78, 5) is 29.7. The number of Topliss-reactive ketones (excluding diaryl/α,β-unsaturated/α-hetero) is 1. The zero-order valence-electron chi connectivity index (χ0n) is 24.1. The van der Waals surface area contributed by atoms with Crippen molar-refractivity contribution in [3.63, 3.8) is 0 Å². The number of hydrogen-bond acceptors (Lipinski definition) is 9. The molecule has 0 bridgehead atoms. The molecule has 6 rings (SSSR count). The molecule has 1 aromatic heterocycles. The minimum Gasteiger partial charge on any atom is -0.384 e. The SMILES string of the molecule is Cc1cccc(C)c1C(=O)C1C=C2NC(CC[C@H](NC(=O)Cn3nnc(N4CCOCC4)n3)c3ccccc3)CC2N1. The second-order valence-corrected chi connectivity index (χ2v) is 11.4. The molecule has 0 radical (unpaired) electrons. The van der Waals surface area contributed by atoms with Crippen LogP contribution >= 0.6 is 0 Å². The number of fused-ring (bicyclic) bond motifs is 1. The van der Waals surface area contributed by atoms with Gasteiger partial charge >= 0.3 is 0 Å². The lowest BCUT2D eigenvalue weighted by atomic mass is 9.95. The number of hydrogen-bond donors (Lipinski definition) is 3. The highest BCUT2D eigenvalue weighted by Gasteiger charge is 2.38. The molecule has 4 heterocycles. The first kappa shape index (κ1) is 28.0. The summed E-state index contributed by atoms with van der Waals surface area (Å²) in [6.07, 6.45) is 4.58. The molecule has 3 N–H and O–H groups in total. The van der Waals surface area contributed by atoms with Crippen LogP contribution in [0.25, 0.3) is 0 Å². The highest BCUT2D eigenvalue weighted by atomic mass is 16.5. The number of nitrogens with one attached hydrogen (secondary N) is 3. The van der Waals surface area contributed by atoms with Gasteiger partial charge in [-0.1, -0.05) is 53.6 Å². The van der Waals surface area contributed by atoms with Crippen LogP contribution in [0.15, 0.2) is 60.3 Å².